The predicted octanol–water partition coefficient (Wildman–Crippen LogP) is -2.93. The van der Waals surface area contributed by atoms with Crippen LogP contribution >= 0.6 is 0 Å². The topological polar surface area (TPSA) is 322 Å². The number of carbonyl (C=O) groups is 7. The zero-order valence-corrected chi connectivity index (χ0v) is 29.9. The van der Waals surface area contributed by atoms with E-state index in [0.717, 1.165) is 0 Å². The van der Waals surface area contributed by atoms with Crippen molar-refractivity contribution >= 4 is 41.6 Å². The van der Waals surface area contributed by atoms with Crippen molar-refractivity contribution < 1.29 is 68.9 Å². The number of nitrogens with one attached hydrogen (secondary N) is 6. The third kappa shape index (κ3) is 13.8. The second-order valence-corrected chi connectivity index (χ2v) is 13.2. The summed E-state index contributed by atoms with van der Waals surface area (Å²) in [6.45, 7) is 2.23. The molecule has 0 aromatic heterocycles. The molecule has 6 amide bonds. The van der Waals surface area contributed by atoms with Crippen LogP contribution in [0.25, 0.3) is 0 Å². The average Bonchev–Trinajstić information content (AvgIpc) is 3.13. The highest BCUT2D eigenvalue weighted by Crippen LogP contribution is 2.20. The number of rotatable bonds is 18. The summed E-state index contributed by atoms with van der Waals surface area (Å²) < 4.78 is 5.06. The van der Waals surface area contributed by atoms with Crippen LogP contribution in [-0.2, 0) is 46.3 Å². The Hall–Kier alpha value is -5.83. The lowest BCUT2D eigenvalue weighted by molar-refractivity contribution is -0.231. The van der Waals surface area contributed by atoms with E-state index in [1.165, 1.54) is 24.3 Å². The van der Waals surface area contributed by atoms with Crippen molar-refractivity contribution in [3.63, 3.8) is 0 Å². The fourth-order valence-electron chi connectivity index (χ4n) is 5.41. The van der Waals surface area contributed by atoms with Gasteiger partial charge >= 0.3 is 18.0 Å². The molecule has 0 spiro atoms. The molecule has 12 N–H and O–H groups in total. The molecule has 20 heteroatoms. The Labute approximate surface area is 314 Å². The highest BCUT2D eigenvalue weighted by Gasteiger charge is 2.47. The van der Waals surface area contributed by atoms with Crippen molar-refractivity contribution in [2.24, 2.45) is 5.92 Å². The summed E-state index contributed by atoms with van der Waals surface area (Å²) >= 11 is 0. The summed E-state index contributed by atoms with van der Waals surface area (Å²) in [4.78, 5) is 87.9. The molecule has 55 heavy (non-hydrogen) atoms. The number of phenols is 1. The lowest BCUT2D eigenvalue weighted by Crippen LogP contribution is -2.65. The first-order valence-electron chi connectivity index (χ1n) is 17.1. The molecule has 0 radical (unpaired) electrons. The number of carbonyl (C=O) groups excluding carboxylic acids is 5. The zero-order chi connectivity index (χ0) is 40.8. The Kier molecular flexibility index (Phi) is 16.3. The summed E-state index contributed by atoms with van der Waals surface area (Å²) in [5.41, 5.74) is 1.14. The average molecular weight is 775 g/mol. The van der Waals surface area contributed by atoms with Crippen LogP contribution < -0.4 is 31.9 Å². The van der Waals surface area contributed by atoms with Gasteiger partial charge in [-0.05, 0) is 35.6 Å². The summed E-state index contributed by atoms with van der Waals surface area (Å²) in [7, 11) is 0. The van der Waals surface area contributed by atoms with E-state index >= 15 is 0 Å². The molecule has 1 heterocycles. The van der Waals surface area contributed by atoms with Gasteiger partial charge in [-0.3, -0.25) is 19.2 Å². The number of carboxylic acid groups (broad SMARTS) is 2. The molecule has 20 nitrogen and oxygen atoms in total. The monoisotopic (exact) mass is 774 g/mol. The summed E-state index contributed by atoms with van der Waals surface area (Å²) in [6, 6.07) is 9.17. The number of aliphatic hydroxyl groups excluding tert-OH is 3. The van der Waals surface area contributed by atoms with Gasteiger partial charge in [0.05, 0.1) is 13.1 Å². The minimum Gasteiger partial charge on any atom is -0.508 e. The van der Waals surface area contributed by atoms with Gasteiger partial charge < -0.3 is 67.3 Å². The standard InChI is InChI=1S/C35H46N6O14/c1-17(2)12-21(40-35(54)41-32-28(47)26(45)27(46)29(55-32)34(52)53)31(49)39-22(13-18-6-4-3-5-7-18)30(48)37-15-24(43)36-16-25(44)38-23(33(50)51)14-19-8-10-20(42)11-9-19/h3-11,17,21-23,26-29,32,42,45-47H,12-16H2,1-2H3,(H,36,43)(H,37,48)(H,38,44)(H,39,49)(H,50,51)(H,52,53)(H2,40,41,54)/t21-,22-,23-,26-,27-,28-,29+,32+/m0/s1. The number of urea groups is 1. The quantitative estimate of drug-likeness (QED) is 0.0722. The van der Waals surface area contributed by atoms with Crippen LogP contribution in [-0.4, -0.2) is 134 Å². The fourth-order valence-corrected chi connectivity index (χ4v) is 5.41. The molecule has 0 unspecified atom stereocenters. The Balaban J connectivity index is 1.61. The first kappa shape index (κ1) is 43.6. The minimum atomic E-state index is -1.99. The van der Waals surface area contributed by atoms with Crippen LogP contribution in [0.4, 0.5) is 4.79 Å². The Morgan fingerprint density at radius 2 is 1.27 bits per heavy atom. The SMILES string of the molecule is CC(C)C[C@H](NC(=O)N[C@@H]1O[C@@H](C(=O)O)[C@@H](O)[C@H](O)[C@@H]1O)C(=O)N[C@@H](Cc1ccccc1)C(=O)NCC(=O)NCC(=O)N[C@@H](Cc1ccc(O)cc1)C(=O)O. The summed E-state index contributed by atoms with van der Waals surface area (Å²) in [5, 5.41) is 72.4. The molecule has 1 fully saturated rings. The van der Waals surface area contributed by atoms with Gasteiger partial charge in [-0.1, -0.05) is 56.3 Å². The Bertz CT molecular complexity index is 1660. The van der Waals surface area contributed by atoms with Crippen LogP contribution in [0.1, 0.15) is 31.4 Å². The molecular weight excluding hydrogens is 728 g/mol. The Morgan fingerprint density at radius 3 is 1.87 bits per heavy atom. The number of ether oxygens (including phenoxy) is 1. The number of hydrogen-bond acceptors (Lipinski definition) is 12. The van der Waals surface area contributed by atoms with Gasteiger partial charge in [-0.15, -0.1) is 0 Å². The number of aliphatic hydroxyl groups is 3. The summed E-state index contributed by atoms with van der Waals surface area (Å²) in [6.07, 6.45) is -9.81. The van der Waals surface area contributed by atoms with Crippen LogP contribution in [0.15, 0.2) is 54.6 Å². The van der Waals surface area contributed by atoms with E-state index in [4.69, 9.17) is 4.74 Å². The van der Waals surface area contributed by atoms with Gasteiger partial charge in [0.2, 0.25) is 23.6 Å². The van der Waals surface area contributed by atoms with Crippen molar-refractivity contribution in [3.05, 3.63) is 65.7 Å². The van der Waals surface area contributed by atoms with Gasteiger partial charge in [0.1, 0.15) is 42.2 Å². The minimum absolute atomic E-state index is 0.0196. The van der Waals surface area contributed by atoms with E-state index in [2.05, 4.69) is 31.9 Å². The van der Waals surface area contributed by atoms with E-state index in [-0.39, 0.29) is 30.9 Å². The molecule has 0 bridgehead atoms. The number of carboxylic acids is 2. The number of amides is 6. The number of aliphatic carboxylic acids is 2. The van der Waals surface area contributed by atoms with E-state index in [1.54, 1.807) is 44.2 Å². The van der Waals surface area contributed by atoms with Crippen molar-refractivity contribution in [3.8, 4) is 5.75 Å². The van der Waals surface area contributed by atoms with E-state index in [1.807, 2.05) is 0 Å². The van der Waals surface area contributed by atoms with Crippen LogP contribution in [0.2, 0.25) is 0 Å². The van der Waals surface area contributed by atoms with Crippen molar-refractivity contribution in [2.75, 3.05) is 13.1 Å². The molecule has 1 aliphatic heterocycles. The van der Waals surface area contributed by atoms with Crippen molar-refractivity contribution in [1.29, 1.82) is 0 Å². The van der Waals surface area contributed by atoms with Crippen LogP contribution in [0.3, 0.4) is 0 Å². The molecule has 8 atom stereocenters. The fraction of sp³-hybridized carbons (Fsp3) is 0.457. The number of phenolic OH excluding ortho intramolecular Hbond substituents is 1. The second-order valence-electron chi connectivity index (χ2n) is 13.2. The number of benzene rings is 2. The molecule has 0 aliphatic carbocycles. The lowest BCUT2D eigenvalue weighted by atomic mass is 9.98. The first-order valence-corrected chi connectivity index (χ1v) is 17.1. The highest BCUT2D eigenvalue weighted by molar-refractivity contribution is 5.94. The van der Waals surface area contributed by atoms with Gasteiger partial charge in [-0.25, -0.2) is 14.4 Å². The maximum absolute atomic E-state index is 13.6. The van der Waals surface area contributed by atoms with Crippen molar-refractivity contribution in [2.45, 2.75) is 81.9 Å². The number of aromatic hydroxyl groups is 1. The third-order valence-corrected chi connectivity index (χ3v) is 8.25. The van der Waals surface area contributed by atoms with E-state index in [9.17, 15) is 64.2 Å². The van der Waals surface area contributed by atoms with Gasteiger partial charge in [0, 0.05) is 12.8 Å². The largest absolute Gasteiger partial charge is 0.508 e. The highest BCUT2D eigenvalue weighted by atomic mass is 16.6. The zero-order valence-electron chi connectivity index (χ0n) is 29.9. The van der Waals surface area contributed by atoms with Crippen molar-refractivity contribution in [1.82, 2.24) is 31.9 Å². The lowest BCUT2D eigenvalue weighted by Gasteiger charge is -2.39. The molecule has 2 aromatic rings. The van der Waals surface area contributed by atoms with E-state index in [0.29, 0.717) is 11.1 Å². The van der Waals surface area contributed by atoms with Crippen LogP contribution in [0.5, 0.6) is 5.75 Å². The maximum Gasteiger partial charge on any atom is 0.335 e. The molecular formula is C35H46N6O14. The van der Waals surface area contributed by atoms with Gasteiger partial charge in [0.25, 0.3) is 0 Å². The molecule has 1 aliphatic rings. The molecule has 300 valence electrons. The molecule has 3 rings (SSSR count). The smallest absolute Gasteiger partial charge is 0.335 e. The molecule has 2 aromatic carbocycles. The molecule has 0 saturated carbocycles. The number of hydrogen-bond donors (Lipinski definition) is 12. The van der Waals surface area contributed by atoms with E-state index < -0.39 is 103 Å². The molecule has 1 saturated heterocycles. The maximum atomic E-state index is 13.6. The Morgan fingerprint density at radius 1 is 0.673 bits per heavy atom. The van der Waals surface area contributed by atoms with Crippen LogP contribution in [0, 0.1) is 5.92 Å². The normalized spacial score (nSPS) is 20.9. The third-order valence-electron chi connectivity index (χ3n) is 8.25. The summed E-state index contributed by atoms with van der Waals surface area (Å²) in [5.74, 6) is -6.49. The predicted molar refractivity (Wildman–Crippen MR) is 189 cm³/mol. The van der Waals surface area contributed by atoms with Gasteiger partial charge in [0.15, 0.2) is 12.3 Å². The second kappa shape index (κ2) is 20.6. The van der Waals surface area contributed by atoms with Gasteiger partial charge in [-0.2, -0.15) is 0 Å². The first-order chi connectivity index (χ1) is 25.9.